The highest BCUT2D eigenvalue weighted by Gasteiger charge is 2.27. The van der Waals surface area contributed by atoms with Crippen LogP contribution in [-0.2, 0) is 4.74 Å². The molecule has 1 fully saturated rings. The Morgan fingerprint density at radius 3 is 2.53 bits per heavy atom. The highest BCUT2D eigenvalue weighted by atomic mass is 16.6. The number of hydrogen-bond acceptors (Lipinski definition) is 6. The summed E-state index contributed by atoms with van der Waals surface area (Å²) >= 11 is 0. The second-order valence-electron chi connectivity index (χ2n) is 9.45. The lowest BCUT2D eigenvalue weighted by atomic mass is 10.0. The number of carbonyl (C=O) groups is 1. The van der Waals surface area contributed by atoms with Gasteiger partial charge in [-0.1, -0.05) is 36.9 Å². The van der Waals surface area contributed by atoms with E-state index in [1.165, 1.54) is 5.56 Å². The third-order valence-corrected chi connectivity index (χ3v) is 5.77. The molecule has 0 saturated carbocycles. The number of nitrogens with zero attached hydrogens (tertiary/aromatic N) is 5. The van der Waals surface area contributed by atoms with E-state index in [1.54, 1.807) is 15.6 Å². The fourth-order valence-electron chi connectivity index (χ4n) is 3.95. The van der Waals surface area contributed by atoms with Gasteiger partial charge in [-0.15, -0.1) is 0 Å². The first-order valence-corrected chi connectivity index (χ1v) is 11.4. The zero-order valence-corrected chi connectivity index (χ0v) is 20.3. The molecule has 1 aliphatic rings. The number of ether oxygens (including phenoxy) is 1. The quantitative estimate of drug-likeness (QED) is 0.581. The van der Waals surface area contributed by atoms with Gasteiger partial charge in [-0.25, -0.2) is 9.78 Å². The summed E-state index contributed by atoms with van der Waals surface area (Å²) in [7, 11) is 0. The van der Waals surface area contributed by atoms with Gasteiger partial charge < -0.3 is 20.3 Å². The van der Waals surface area contributed by atoms with E-state index >= 15 is 0 Å². The smallest absolute Gasteiger partial charge is 0.410 e. The number of benzene rings is 1. The average molecular weight is 461 g/mol. The van der Waals surface area contributed by atoms with E-state index < -0.39 is 5.60 Å². The van der Waals surface area contributed by atoms with E-state index in [1.807, 2.05) is 45.0 Å². The van der Waals surface area contributed by atoms with Crippen LogP contribution in [0.2, 0.25) is 0 Å². The van der Waals surface area contributed by atoms with E-state index in [0.717, 1.165) is 22.5 Å². The number of carbonyl (C=O) groups excluding carboxylic acids is 1. The van der Waals surface area contributed by atoms with Gasteiger partial charge in [0.1, 0.15) is 17.2 Å². The summed E-state index contributed by atoms with van der Waals surface area (Å²) in [6.45, 7) is 14.1. The number of amides is 1. The van der Waals surface area contributed by atoms with Crippen molar-refractivity contribution in [3.05, 3.63) is 65.9 Å². The number of allylic oxidation sites excluding steroid dienone is 2. The largest absolute Gasteiger partial charge is 0.444 e. The van der Waals surface area contributed by atoms with Crippen LogP contribution in [0.1, 0.15) is 37.5 Å². The first kappa shape index (κ1) is 23.4. The van der Waals surface area contributed by atoms with Crippen molar-refractivity contribution in [2.45, 2.75) is 33.3 Å². The Labute approximate surface area is 200 Å². The topological polar surface area (TPSA) is 89.0 Å². The van der Waals surface area contributed by atoms with Crippen molar-refractivity contribution in [3.63, 3.8) is 0 Å². The molecule has 8 nitrogen and oxygen atoms in total. The van der Waals surface area contributed by atoms with E-state index in [-0.39, 0.29) is 6.09 Å². The SMILES string of the molecule is C=C/C(=C\c1ccccc1C)c1cnn2c(N)cc(N3CCN(C(=O)OC(C)(C)C)CC3)nc12. The molecule has 8 heteroatoms. The fraction of sp³-hybridized carbons (Fsp3) is 0.346. The van der Waals surface area contributed by atoms with Crippen molar-refractivity contribution < 1.29 is 9.53 Å². The molecule has 0 atom stereocenters. The highest BCUT2D eigenvalue weighted by molar-refractivity contribution is 5.92. The molecule has 4 rings (SSSR count). The third-order valence-electron chi connectivity index (χ3n) is 5.77. The number of fused-ring (bicyclic) bond motifs is 1. The second-order valence-corrected chi connectivity index (χ2v) is 9.45. The summed E-state index contributed by atoms with van der Waals surface area (Å²) in [6, 6.07) is 10.0. The minimum atomic E-state index is -0.512. The number of piperazine rings is 1. The summed E-state index contributed by atoms with van der Waals surface area (Å²) < 4.78 is 7.15. The zero-order valence-electron chi connectivity index (χ0n) is 20.3. The van der Waals surface area contributed by atoms with Crippen molar-refractivity contribution in [3.8, 4) is 0 Å². The summed E-state index contributed by atoms with van der Waals surface area (Å²) in [4.78, 5) is 21.2. The number of aromatic nitrogens is 3. The number of hydrogen-bond donors (Lipinski definition) is 1. The molecule has 1 aliphatic heterocycles. The fourth-order valence-corrected chi connectivity index (χ4v) is 3.95. The molecule has 1 aromatic carbocycles. The summed E-state index contributed by atoms with van der Waals surface area (Å²) in [5, 5.41) is 4.46. The molecule has 0 aliphatic carbocycles. The lowest BCUT2D eigenvalue weighted by Gasteiger charge is -2.36. The minimum absolute atomic E-state index is 0.287. The van der Waals surface area contributed by atoms with Crippen molar-refractivity contribution in [1.29, 1.82) is 0 Å². The third kappa shape index (κ3) is 4.90. The Bertz CT molecular complexity index is 1250. The van der Waals surface area contributed by atoms with Crippen LogP contribution in [0.5, 0.6) is 0 Å². The van der Waals surface area contributed by atoms with Gasteiger partial charge in [0, 0.05) is 37.8 Å². The summed E-state index contributed by atoms with van der Waals surface area (Å²) in [6.07, 6.45) is 5.39. The van der Waals surface area contributed by atoms with Crippen LogP contribution in [-0.4, -0.2) is 57.4 Å². The number of rotatable bonds is 4. The van der Waals surface area contributed by atoms with Crippen molar-refractivity contribution in [1.82, 2.24) is 19.5 Å². The standard InChI is InChI=1S/C26H32N6O2/c1-6-19(15-20-10-8-7-9-18(20)2)21-17-28-32-22(27)16-23(29-24(21)32)30-11-13-31(14-12-30)25(33)34-26(3,4)5/h6-10,15-17H,1,11-14,27H2,2-5H3/b19-15+. The van der Waals surface area contributed by atoms with Gasteiger partial charge >= 0.3 is 6.09 Å². The molecule has 3 aromatic rings. The minimum Gasteiger partial charge on any atom is -0.444 e. The molecule has 0 radical (unpaired) electrons. The molecular weight excluding hydrogens is 428 g/mol. The van der Waals surface area contributed by atoms with E-state index in [9.17, 15) is 4.79 Å². The first-order chi connectivity index (χ1) is 16.2. The first-order valence-electron chi connectivity index (χ1n) is 11.4. The van der Waals surface area contributed by atoms with Gasteiger partial charge in [0.2, 0.25) is 0 Å². The second kappa shape index (κ2) is 9.21. The molecular formula is C26H32N6O2. The molecule has 3 heterocycles. The van der Waals surface area contributed by atoms with Crippen LogP contribution in [0, 0.1) is 6.92 Å². The van der Waals surface area contributed by atoms with Crippen molar-refractivity contribution in [2.75, 3.05) is 36.8 Å². The normalized spacial score (nSPS) is 15.0. The molecule has 2 aromatic heterocycles. The van der Waals surface area contributed by atoms with Gasteiger partial charge in [0.15, 0.2) is 5.65 Å². The van der Waals surface area contributed by atoms with Gasteiger partial charge in [0.05, 0.1) is 6.20 Å². The molecule has 1 saturated heterocycles. The molecule has 178 valence electrons. The average Bonchev–Trinajstić information content (AvgIpc) is 3.22. The van der Waals surface area contributed by atoms with Crippen molar-refractivity contribution >= 4 is 35.0 Å². The Hall–Kier alpha value is -3.81. The van der Waals surface area contributed by atoms with Gasteiger partial charge in [-0.3, -0.25) is 0 Å². The maximum atomic E-state index is 12.4. The van der Waals surface area contributed by atoms with E-state index in [0.29, 0.717) is 37.6 Å². The Morgan fingerprint density at radius 2 is 1.88 bits per heavy atom. The number of aryl methyl sites for hydroxylation is 1. The van der Waals surface area contributed by atoms with Crippen LogP contribution in [0.3, 0.4) is 0 Å². The maximum Gasteiger partial charge on any atom is 0.410 e. The lowest BCUT2D eigenvalue weighted by molar-refractivity contribution is 0.0240. The molecule has 2 N–H and O–H groups in total. The van der Waals surface area contributed by atoms with Gasteiger partial charge in [-0.05, 0) is 50.5 Å². The van der Waals surface area contributed by atoms with Crippen LogP contribution in [0.15, 0.2) is 49.2 Å². The van der Waals surface area contributed by atoms with Crippen LogP contribution in [0.4, 0.5) is 16.4 Å². The predicted octanol–water partition coefficient (Wildman–Crippen LogP) is 4.40. The lowest BCUT2D eigenvalue weighted by Crippen LogP contribution is -2.50. The molecule has 0 unspecified atom stereocenters. The van der Waals surface area contributed by atoms with Gasteiger partial charge in [-0.2, -0.15) is 9.61 Å². The number of nitrogens with two attached hydrogens (primary N) is 1. The predicted molar refractivity (Wildman–Crippen MR) is 137 cm³/mol. The zero-order chi connectivity index (χ0) is 24.5. The Balaban J connectivity index is 1.61. The van der Waals surface area contributed by atoms with E-state index in [2.05, 4.69) is 41.7 Å². The van der Waals surface area contributed by atoms with Gasteiger partial charge in [0.25, 0.3) is 0 Å². The Kier molecular flexibility index (Phi) is 6.32. The monoisotopic (exact) mass is 460 g/mol. The summed E-state index contributed by atoms with van der Waals surface area (Å²) in [5.74, 6) is 1.26. The number of anilines is 2. The van der Waals surface area contributed by atoms with Crippen LogP contribution >= 0.6 is 0 Å². The molecule has 34 heavy (non-hydrogen) atoms. The molecule has 0 bridgehead atoms. The van der Waals surface area contributed by atoms with Crippen molar-refractivity contribution in [2.24, 2.45) is 0 Å². The Morgan fingerprint density at radius 1 is 1.18 bits per heavy atom. The van der Waals surface area contributed by atoms with Crippen LogP contribution in [0.25, 0.3) is 17.3 Å². The number of nitrogen functional groups attached to an aromatic ring is 1. The van der Waals surface area contributed by atoms with Crippen LogP contribution < -0.4 is 10.6 Å². The maximum absolute atomic E-state index is 12.4. The van der Waals surface area contributed by atoms with E-state index in [4.69, 9.17) is 15.5 Å². The molecule has 0 spiro atoms. The summed E-state index contributed by atoms with van der Waals surface area (Å²) in [5.41, 5.74) is 10.6. The highest BCUT2D eigenvalue weighted by Crippen LogP contribution is 2.27. The molecule has 1 amide bonds.